The first-order valence-electron chi connectivity index (χ1n) is 6.67. The van der Waals surface area contributed by atoms with Crippen LogP contribution < -0.4 is 10.6 Å². The molecule has 3 amide bonds. The minimum Gasteiger partial charge on any atom is -0.322 e. The minimum absolute atomic E-state index is 0.0827. The molecule has 5 heteroatoms. The Balaban J connectivity index is 1.80. The maximum absolute atomic E-state index is 12.0. The van der Waals surface area contributed by atoms with Gasteiger partial charge >= 0.3 is 6.03 Å². The van der Waals surface area contributed by atoms with Gasteiger partial charge in [-0.15, -0.1) is 6.58 Å². The fourth-order valence-electron chi connectivity index (χ4n) is 3.02. The fourth-order valence-corrected chi connectivity index (χ4v) is 3.02. The molecule has 2 N–H and O–H groups in total. The molecule has 20 heavy (non-hydrogen) atoms. The molecule has 3 rings (SSSR count). The summed E-state index contributed by atoms with van der Waals surface area (Å²) in [6.07, 6.45) is 2.41. The molecule has 5 nitrogen and oxygen atoms in total. The monoisotopic (exact) mass is 271 g/mol. The molecule has 1 aromatic rings. The van der Waals surface area contributed by atoms with Crippen LogP contribution in [-0.4, -0.2) is 35.0 Å². The number of nitrogens with zero attached hydrogens (tertiary/aromatic N) is 1. The molecular weight excluding hydrogens is 254 g/mol. The van der Waals surface area contributed by atoms with Crippen LogP contribution in [0, 0.1) is 0 Å². The van der Waals surface area contributed by atoms with Gasteiger partial charge < -0.3 is 5.32 Å². The molecule has 2 heterocycles. The summed E-state index contributed by atoms with van der Waals surface area (Å²) in [4.78, 5) is 25.6. The third kappa shape index (κ3) is 2.10. The van der Waals surface area contributed by atoms with Gasteiger partial charge in [0.2, 0.25) is 0 Å². The summed E-state index contributed by atoms with van der Waals surface area (Å²) >= 11 is 0. The number of imide groups is 1. The van der Waals surface area contributed by atoms with E-state index in [1.807, 2.05) is 24.3 Å². The molecule has 2 atom stereocenters. The van der Waals surface area contributed by atoms with Crippen LogP contribution in [0.4, 0.5) is 4.79 Å². The smallest absolute Gasteiger partial charge is 0.322 e. The Morgan fingerprint density at radius 2 is 2.10 bits per heavy atom. The van der Waals surface area contributed by atoms with Crippen LogP contribution in [0.1, 0.15) is 12.0 Å². The van der Waals surface area contributed by atoms with Gasteiger partial charge in [-0.3, -0.25) is 15.0 Å². The van der Waals surface area contributed by atoms with Gasteiger partial charge in [0.1, 0.15) is 5.54 Å². The van der Waals surface area contributed by atoms with Crippen LogP contribution in [0.2, 0.25) is 0 Å². The van der Waals surface area contributed by atoms with Crippen LogP contribution in [0.25, 0.3) is 0 Å². The van der Waals surface area contributed by atoms with Crippen molar-refractivity contribution in [2.75, 3.05) is 6.54 Å². The molecule has 0 aromatic heterocycles. The van der Waals surface area contributed by atoms with E-state index in [1.54, 1.807) is 0 Å². The van der Waals surface area contributed by atoms with Gasteiger partial charge in [0.15, 0.2) is 0 Å². The third-order valence-electron chi connectivity index (χ3n) is 4.01. The number of urea groups is 1. The maximum atomic E-state index is 12.0. The van der Waals surface area contributed by atoms with E-state index >= 15 is 0 Å². The van der Waals surface area contributed by atoms with Crippen molar-refractivity contribution >= 4 is 11.9 Å². The average Bonchev–Trinajstić information content (AvgIpc) is 2.91. The van der Waals surface area contributed by atoms with E-state index in [1.165, 1.54) is 5.56 Å². The van der Waals surface area contributed by atoms with Crippen molar-refractivity contribution in [2.24, 2.45) is 0 Å². The lowest BCUT2D eigenvalue weighted by Gasteiger charge is -2.22. The van der Waals surface area contributed by atoms with Crippen LogP contribution in [0.15, 0.2) is 43.0 Å². The number of likely N-dealkylation sites (tertiary alicyclic amines) is 1. The fraction of sp³-hybridized carbons (Fsp3) is 0.333. The first-order chi connectivity index (χ1) is 9.63. The second-order valence-electron chi connectivity index (χ2n) is 5.39. The van der Waals surface area contributed by atoms with E-state index in [0.29, 0.717) is 13.0 Å². The topological polar surface area (TPSA) is 61.4 Å². The van der Waals surface area contributed by atoms with Crippen molar-refractivity contribution in [3.05, 3.63) is 48.6 Å². The van der Waals surface area contributed by atoms with Crippen molar-refractivity contribution < 1.29 is 9.59 Å². The number of carbonyl (C=O) groups is 2. The van der Waals surface area contributed by atoms with Crippen LogP contribution in [0.5, 0.6) is 0 Å². The standard InChI is InChI=1S/C15H17N3O2/c1-2-12-8-15(13(19)16-14(20)17-15)10-18(12)9-11-6-4-3-5-7-11/h2-7,12H,1,8-10H2,(H2,16,17,19,20)/t12-,15-/m0/s1. The molecule has 2 aliphatic heterocycles. The van der Waals surface area contributed by atoms with E-state index in [4.69, 9.17) is 0 Å². The van der Waals surface area contributed by atoms with Crippen molar-refractivity contribution in [1.29, 1.82) is 0 Å². The van der Waals surface area contributed by atoms with E-state index in [9.17, 15) is 9.59 Å². The van der Waals surface area contributed by atoms with Gasteiger partial charge in [0.25, 0.3) is 5.91 Å². The Kier molecular flexibility index (Phi) is 3.06. The number of carbonyl (C=O) groups excluding carboxylic acids is 2. The van der Waals surface area contributed by atoms with Gasteiger partial charge in [-0.1, -0.05) is 36.4 Å². The summed E-state index contributed by atoms with van der Waals surface area (Å²) in [6.45, 7) is 5.10. The minimum atomic E-state index is -0.801. The summed E-state index contributed by atoms with van der Waals surface area (Å²) in [6, 6.07) is 9.75. The molecule has 0 bridgehead atoms. The molecule has 2 saturated heterocycles. The SMILES string of the molecule is C=C[C@H]1C[C@@]2(CN1Cc1ccccc1)NC(=O)NC2=O. The van der Waals surface area contributed by atoms with Gasteiger partial charge in [0, 0.05) is 19.1 Å². The van der Waals surface area contributed by atoms with Crippen molar-refractivity contribution in [1.82, 2.24) is 15.5 Å². The average molecular weight is 271 g/mol. The Bertz CT molecular complexity index is 557. The number of nitrogens with one attached hydrogen (secondary N) is 2. The molecule has 0 radical (unpaired) electrons. The highest BCUT2D eigenvalue weighted by Crippen LogP contribution is 2.31. The molecule has 104 valence electrons. The molecule has 1 aromatic carbocycles. The second kappa shape index (κ2) is 4.76. The van der Waals surface area contributed by atoms with Gasteiger partial charge in [-0.2, -0.15) is 0 Å². The Labute approximate surface area is 117 Å². The normalized spacial score (nSPS) is 29.5. The lowest BCUT2D eigenvalue weighted by Crippen LogP contribution is -2.48. The Morgan fingerprint density at radius 1 is 1.35 bits per heavy atom. The predicted octanol–water partition coefficient (Wildman–Crippen LogP) is 1.03. The van der Waals surface area contributed by atoms with Crippen LogP contribution in [-0.2, 0) is 11.3 Å². The van der Waals surface area contributed by atoms with E-state index in [-0.39, 0.29) is 11.9 Å². The zero-order valence-electron chi connectivity index (χ0n) is 11.1. The van der Waals surface area contributed by atoms with Crippen molar-refractivity contribution in [2.45, 2.75) is 24.5 Å². The quantitative estimate of drug-likeness (QED) is 0.637. The van der Waals surface area contributed by atoms with Crippen molar-refractivity contribution in [3.8, 4) is 0 Å². The zero-order valence-corrected chi connectivity index (χ0v) is 11.1. The van der Waals surface area contributed by atoms with E-state index in [0.717, 1.165) is 6.54 Å². The summed E-state index contributed by atoms with van der Waals surface area (Å²) < 4.78 is 0. The van der Waals surface area contributed by atoms with Gasteiger partial charge in [-0.25, -0.2) is 4.79 Å². The molecule has 1 spiro atoms. The number of hydrogen-bond acceptors (Lipinski definition) is 3. The molecule has 0 aliphatic carbocycles. The predicted molar refractivity (Wildman–Crippen MR) is 74.9 cm³/mol. The first-order valence-corrected chi connectivity index (χ1v) is 6.67. The number of benzene rings is 1. The zero-order chi connectivity index (χ0) is 14.2. The number of amides is 3. The summed E-state index contributed by atoms with van der Waals surface area (Å²) in [5, 5.41) is 5.10. The lowest BCUT2D eigenvalue weighted by molar-refractivity contribution is -0.123. The molecular formula is C15H17N3O2. The lowest BCUT2D eigenvalue weighted by atomic mass is 9.96. The highest BCUT2D eigenvalue weighted by Gasteiger charge is 2.53. The van der Waals surface area contributed by atoms with Crippen molar-refractivity contribution in [3.63, 3.8) is 0 Å². The summed E-state index contributed by atoms with van der Waals surface area (Å²) in [5.74, 6) is -0.232. The summed E-state index contributed by atoms with van der Waals surface area (Å²) in [5.41, 5.74) is 0.381. The van der Waals surface area contributed by atoms with Crippen LogP contribution in [0.3, 0.4) is 0 Å². The largest absolute Gasteiger partial charge is 0.322 e. The van der Waals surface area contributed by atoms with Gasteiger partial charge in [-0.05, 0) is 12.0 Å². The highest BCUT2D eigenvalue weighted by atomic mass is 16.2. The maximum Gasteiger partial charge on any atom is 0.322 e. The molecule has 0 saturated carbocycles. The first kappa shape index (κ1) is 12.9. The second-order valence-corrected chi connectivity index (χ2v) is 5.39. The highest BCUT2D eigenvalue weighted by molar-refractivity contribution is 6.07. The molecule has 2 aliphatic rings. The number of rotatable bonds is 3. The summed E-state index contributed by atoms with van der Waals surface area (Å²) in [7, 11) is 0. The number of hydrogen-bond donors (Lipinski definition) is 2. The third-order valence-corrected chi connectivity index (χ3v) is 4.01. The molecule has 0 unspecified atom stereocenters. The van der Waals surface area contributed by atoms with E-state index < -0.39 is 11.6 Å². The molecule has 2 fully saturated rings. The van der Waals surface area contributed by atoms with Crippen LogP contribution >= 0.6 is 0 Å². The van der Waals surface area contributed by atoms with Gasteiger partial charge in [0.05, 0.1) is 0 Å². The Hall–Kier alpha value is -2.14. The van der Waals surface area contributed by atoms with E-state index in [2.05, 4.69) is 34.2 Å². The Morgan fingerprint density at radius 3 is 2.70 bits per heavy atom.